The Hall–Kier alpha value is -1.33. The van der Waals surface area contributed by atoms with Crippen LogP contribution in [-0.2, 0) is 13.6 Å². The lowest BCUT2D eigenvalue weighted by Crippen LogP contribution is -2.15. The number of hydrogen-bond acceptors (Lipinski definition) is 3. The fourth-order valence-corrected chi connectivity index (χ4v) is 2.80. The summed E-state index contributed by atoms with van der Waals surface area (Å²) in [6, 6.07) is 5.81. The van der Waals surface area contributed by atoms with E-state index in [2.05, 4.69) is 10.3 Å². The number of nitrogens with zero attached hydrogens (tertiary/aromatic N) is 2. The van der Waals surface area contributed by atoms with Gasteiger partial charge in [-0.15, -0.1) is 0 Å². The summed E-state index contributed by atoms with van der Waals surface area (Å²) in [7, 11) is 1.93. The number of benzene rings is 1. The Kier molecular flexibility index (Phi) is 3.57. The van der Waals surface area contributed by atoms with Gasteiger partial charge in [0, 0.05) is 36.9 Å². The van der Waals surface area contributed by atoms with Crippen LogP contribution in [0.4, 0.5) is 4.39 Å². The van der Waals surface area contributed by atoms with Gasteiger partial charge in [0.2, 0.25) is 0 Å². The molecule has 1 N–H and O–H groups in total. The minimum absolute atomic E-state index is 0.188. The Morgan fingerprint density at radius 2 is 2.26 bits per heavy atom. The van der Waals surface area contributed by atoms with Gasteiger partial charge in [-0.2, -0.15) is 0 Å². The van der Waals surface area contributed by atoms with Gasteiger partial charge in [-0.25, -0.2) is 9.37 Å². The van der Waals surface area contributed by atoms with Gasteiger partial charge in [0.25, 0.3) is 0 Å². The second-order valence-corrected chi connectivity index (χ2v) is 5.91. The topological polar surface area (TPSA) is 29.9 Å². The van der Waals surface area contributed by atoms with Crippen molar-refractivity contribution in [3.8, 4) is 0 Å². The summed E-state index contributed by atoms with van der Waals surface area (Å²) >= 11 is 1.48. The quantitative estimate of drug-likeness (QED) is 0.911. The van der Waals surface area contributed by atoms with E-state index in [1.165, 1.54) is 24.6 Å². The second kappa shape index (κ2) is 5.35. The van der Waals surface area contributed by atoms with E-state index in [0.29, 0.717) is 6.04 Å². The Bertz CT molecular complexity index is 578. The molecule has 0 aliphatic heterocycles. The minimum atomic E-state index is -0.188. The third-order valence-electron chi connectivity index (χ3n) is 3.09. The summed E-state index contributed by atoms with van der Waals surface area (Å²) in [5.41, 5.74) is 0.989. The van der Waals surface area contributed by atoms with E-state index in [4.69, 9.17) is 0 Å². The van der Waals surface area contributed by atoms with E-state index in [-0.39, 0.29) is 5.82 Å². The third kappa shape index (κ3) is 3.36. The van der Waals surface area contributed by atoms with E-state index in [9.17, 15) is 4.39 Å². The van der Waals surface area contributed by atoms with Crippen LogP contribution < -0.4 is 5.32 Å². The monoisotopic (exact) mass is 277 g/mol. The van der Waals surface area contributed by atoms with E-state index >= 15 is 0 Å². The molecule has 19 heavy (non-hydrogen) atoms. The van der Waals surface area contributed by atoms with Gasteiger partial charge in [0.05, 0.1) is 0 Å². The zero-order valence-electron chi connectivity index (χ0n) is 10.8. The molecule has 2 aromatic rings. The van der Waals surface area contributed by atoms with E-state index in [1.54, 1.807) is 18.3 Å². The lowest BCUT2D eigenvalue weighted by molar-refractivity contribution is 0.615. The number of rotatable bonds is 5. The maximum absolute atomic E-state index is 13.6. The highest BCUT2D eigenvalue weighted by molar-refractivity contribution is 7.99. The molecule has 1 aromatic carbocycles. The summed E-state index contributed by atoms with van der Waals surface area (Å²) in [5.74, 6) is -0.188. The van der Waals surface area contributed by atoms with Crippen molar-refractivity contribution in [2.24, 2.45) is 7.05 Å². The number of aryl methyl sites for hydroxylation is 1. The normalized spacial score (nSPS) is 14.8. The SMILES string of the molecule is Cn1ccnc1Sc1cc(F)cc(CNC2CC2)c1. The molecule has 0 saturated heterocycles. The van der Waals surface area contributed by atoms with Gasteiger partial charge in [0.15, 0.2) is 5.16 Å². The predicted molar refractivity (Wildman–Crippen MR) is 73.6 cm³/mol. The maximum Gasteiger partial charge on any atom is 0.172 e. The molecular formula is C14H16FN3S. The average Bonchev–Trinajstić information content (AvgIpc) is 3.11. The Morgan fingerprint density at radius 3 is 2.95 bits per heavy atom. The predicted octanol–water partition coefficient (Wildman–Crippen LogP) is 2.96. The van der Waals surface area contributed by atoms with Crippen LogP contribution in [0.2, 0.25) is 0 Å². The van der Waals surface area contributed by atoms with Gasteiger partial charge < -0.3 is 9.88 Å². The first-order chi connectivity index (χ1) is 9.20. The number of halogens is 1. The first-order valence-corrected chi connectivity index (χ1v) is 7.20. The van der Waals surface area contributed by atoms with Gasteiger partial charge in [-0.1, -0.05) is 11.8 Å². The first-order valence-electron chi connectivity index (χ1n) is 6.39. The minimum Gasteiger partial charge on any atom is -0.329 e. The molecule has 1 fully saturated rings. The zero-order valence-corrected chi connectivity index (χ0v) is 11.6. The fraction of sp³-hybridized carbons (Fsp3) is 0.357. The number of hydrogen-bond donors (Lipinski definition) is 1. The van der Waals surface area contributed by atoms with Crippen molar-refractivity contribution in [1.82, 2.24) is 14.9 Å². The molecule has 5 heteroatoms. The summed E-state index contributed by atoms with van der Waals surface area (Å²) in [5, 5.41) is 4.27. The molecule has 1 saturated carbocycles. The molecule has 0 radical (unpaired) electrons. The Morgan fingerprint density at radius 1 is 1.42 bits per heavy atom. The Labute approximate surface area is 116 Å². The van der Waals surface area contributed by atoms with E-state index in [1.807, 2.05) is 23.9 Å². The van der Waals surface area contributed by atoms with Crippen molar-refractivity contribution in [2.75, 3.05) is 0 Å². The molecule has 1 aromatic heterocycles. The van der Waals surface area contributed by atoms with Crippen molar-refractivity contribution in [3.63, 3.8) is 0 Å². The van der Waals surface area contributed by atoms with Crippen LogP contribution in [0.3, 0.4) is 0 Å². The maximum atomic E-state index is 13.6. The standard InChI is InChI=1S/C14H16FN3S/c1-18-5-4-16-14(18)19-13-7-10(6-11(15)8-13)9-17-12-2-3-12/h4-8,12,17H,2-3,9H2,1H3. The summed E-state index contributed by atoms with van der Waals surface area (Å²) in [4.78, 5) is 5.13. The zero-order chi connectivity index (χ0) is 13.2. The lowest BCUT2D eigenvalue weighted by atomic mass is 10.2. The van der Waals surface area contributed by atoms with Crippen LogP contribution in [-0.4, -0.2) is 15.6 Å². The number of nitrogens with one attached hydrogen (secondary N) is 1. The molecule has 3 rings (SSSR count). The second-order valence-electron chi connectivity index (χ2n) is 4.87. The van der Waals surface area contributed by atoms with Crippen LogP contribution >= 0.6 is 11.8 Å². The molecule has 100 valence electrons. The van der Waals surface area contributed by atoms with Crippen molar-refractivity contribution >= 4 is 11.8 Å². The molecule has 1 heterocycles. The molecule has 1 aliphatic carbocycles. The average molecular weight is 277 g/mol. The number of imidazole rings is 1. The van der Waals surface area contributed by atoms with Gasteiger partial charge in [-0.3, -0.25) is 0 Å². The Balaban J connectivity index is 1.74. The molecule has 3 nitrogen and oxygen atoms in total. The van der Waals surface area contributed by atoms with Gasteiger partial charge >= 0.3 is 0 Å². The summed E-state index contributed by atoms with van der Waals surface area (Å²) in [6.45, 7) is 0.733. The molecule has 1 aliphatic rings. The fourth-order valence-electron chi connectivity index (χ4n) is 1.89. The van der Waals surface area contributed by atoms with Crippen LogP contribution in [0.15, 0.2) is 40.6 Å². The molecule has 0 bridgehead atoms. The van der Waals surface area contributed by atoms with E-state index in [0.717, 1.165) is 22.2 Å². The smallest absolute Gasteiger partial charge is 0.172 e. The lowest BCUT2D eigenvalue weighted by Gasteiger charge is -2.07. The van der Waals surface area contributed by atoms with Crippen molar-refractivity contribution in [2.45, 2.75) is 35.5 Å². The molecule has 0 spiro atoms. The summed E-state index contributed by atoms with van der Waals surface area (Å²) < 4.78 is 15.6. The van der Waals surface area contributed by atoms with Crippen molar-refractivity contribution in [3.05, 3.63) is 42.0 Å². The highest BCUT2D eigenvalue weighted by Crippen LogP contribution is 2.28. The van der Waals surface area contributed by atoms with Crippen LogP contribution in [0.25, 0.3) is 0 Å². The van der Waals surface area contributed by atoms with Crippen molar-refractivity contribution in [1.29, 1.82) is 0 Å². The molecular weight excluding hydrogens is 261 g/mol. The van der Waals surface area contributed by atoms with Crippen molar-refractivity contribution < 1.29 is 4.39 Å². The highest BCUT2D eigenvalue weighted by atomic mass is 32.2. The van der Waals surface area contributed by atoms with Gasteiger partial charge in [0.1, 0.15) is 5.82 Å². The third-order valence-corrected chi connectivity index (χ3v) is 4.14. The van der Waals surface area contributed by atoms with Crippen LogP contribution in [0.5, 0.6) is 0 Å². The molecule has 0 unspecified atom stereocenters. The van der Waals surface area contributed by atoms with Crippen LogP contribution in [0, 0.1) is 5.82 Å². The largest absolute Gasteiger partial charge is 0.329 e. The number of aromatic nitrogens is 2. The first kappa shape index (κ1) is 12.7. The molecule has 0 amide bonds. The van der Waals surface area contributed by atoms with E-state index < -0.39 is 0 Å². The summed E-state index contributed by atoms with van der Waals surface area (Å²) in [6.07, 6.45) is 6.11. The molecule has 0 atom stereocenters. The van der Waals surface area contributed by atoms with Gasteiger partial charge in [-0.05, 0) is 36.6 Å². The van der Waals surface area contributed by atoms with Crippen LogP contribution in [0.1, 0.15) is 18.4 Å². The highest BCUT2D eigenvalue weighted by Gasteiger charge is 2.20.